The number of hydrogen-bond acceptors (Lipinski definition) is 2. The largest absolute Gasteiger partial charge is 0.418 e. The molecule has 31 heavy (non-hydrogen) atoms. The molecule has 0 aliphatic rings. The van der Waals surface area contributed by atoms with E-state index in [0.717, 1.165) is 30.3 Å². The molecule has 0 saturated heterocycles. The third kappa shape index (κ3) is 5.26. The summed E-state index contributed by atoms with van der Waals surface area (Å²) in [6.45, 7) is 0. The average molecular weight is 499 g/mol. The molecule has 0 unspecified atom stereocenters. The third-order valence-electron chi connectivity index (χ3n) is 4.12. The molecule has 2 amide bonds. The zero-order chi connectivity index (χ0) is 22.8. The minimum atomic E-state index is -4.89. The SMILES string of the molecule is O=C(Nc1ccc(NC(=O)c2cc(F)ccc2Br)c(C(F)(F)F)c1)c1ccccc1F. The zero-order valence-electron chi connectivity index (χ0n) is 15.4. The summed E-state index contributed by atoms with van der Waals surface area (Å²) in [5.74, 6) is -3.48. The van der Waals surface area contributed by atoms with E-state index >= 15 is 0 Å². The van der Waals surface area contributed by atoms with E-state index in [0.29, 0.717) is 6.07 Å². The lowest BCUT2D eigenvalue weighted by Gasteiger charge is -2.16. The molecule has 0 atom stereocenters. The van der Waals surface area contributed by atoms with Crippen LogP contribution in [0.1, 0.15) is 26.3 Å². The van der Waals surface area contributed by atoms with Gasteiger partial charge in [0, 0.05) is 10.2 Å². The van der Waals surface area contributed by atoms with Gasteiger partial charge in [-0.2, -0.15) is 13.2 Å². The van der Waals surface area contributed by atoms with E-state index in [1.807, 2.05) is 0 Å². The van der Waals surface area contributed by atoms with Crippen molar-refractivity contribution in [2.45, 2.75) is 6.18 Å². The molecule has 0 aromatic heterocycles. The molecule has 0 spiro atoms. The Morgan fingerprint density at radius 1 is 0.806 bits per heavy atom. The molecule has 0 radical (unpaired) electrons. The molecule has 3 aromatic carbocycles. The van der Waals surface area contributed by atoms with Gasteiger partial charge >= 0.3 is 6.18 Å². The molecular formula is C21H12BrF5N2O2. The molecule has 4 nitrogen and oxygen atoms in total. The Bertz CT molecular complexity index is 1160. The third-order valence-corrected chi connectivity index (χ3v) is 4.81. The fraction of sp³-hybridized carbons (Fsp3) is 0.0476. The predicted octanol–water partition coefficient (Wildman–Crippen LogP) is 6.25. The van der Waals surface area contributed by atoms with Crippen molar-refractivity contribution < 1.29 is 31.5 Å². The Balaban J connectivity index is 1.90. The minimum Gasteiger partial charge on any atom is -0.322 e. The topological polar surface area (TPSA) is 58.2 Å². The number of carbonyl (C=O) groups excluding carboxylic acids is 2. The van der Waals surface area contributed by atoms with Gasteiger partial charge in [-0.1, -0.05) is 12.1 Å². The first kappa shape index (κ1) is 22.4. The second-order valence-corrected chi connectivity index (χ2v) is 7.12. The summed E-state index contributed by atoms with van der Waals surface area (Å²) >= 11 is 3.04. The number of benzene rings is 3. The molecule has 0 heterocycles. The Morgan fingerprint density at radius 3 is 2.16 bits per heavy atom. The van der Waals surface area contributed by atoms with Crippen LogP contribution in [0, 0.1) is 11.6 Å². The number of carbonyl (C=O) groups is 2. The van der Waals surface area contributed by atoms with Gasteiger partial charge in [0.15, 0.2) is 0 Å². The van der Waals surface area contributed by atoms with Crippen LogP contribution in [0.3, 0.4) is 0 Å². The van der Waals surface area contributed by atoms with Crippen molar-refractivity contribution in [3.05, 3.63) is 93.5 Å². The summed E-state index contributed by atoms with van der Waals surface area (Å²) in [5.41, 5.74) is -2.66. The lowest BCUT2D eigenvalue weighted by Crippen LogP contribution is -2.18. The van der Waals surface area contributed by atoms with Crippen molar-refractivity contribution >= 4 is 39.1 Å². The van der Waals surface area contributed by atoms with E-state index in [4.69, 9.17) is 0 Å². The Labute approximate surface area is 181 Å². The number of amides is 2. The number of rotatable bonds is 4. The Morgan fingerprint density at radius 2 is 1.48 bits per heavy atom. The van der Waals surface area contributed by atoms with E-state index in [1.165, 1.54) is 24.3 Å². The van der Waals surface area contributed by atoms with Crippen molar-refractivity contribution in [1.82, 2.24) is 0 Å². The lowest BCUT2D eigenvalue weighted by molar-refractivity contribution is -0.136. The summed E-state index contributed by atoms with van der Waals surface area (Å²) in [6, 6.07) is 10.8. The van der Waals surface area contributed by atoms with Crippen molar-refractivity contribution in [3.63, 3.8) is 0 Å². The number of halogens is 6. The van der Waals surface area contributed by atoms with Gasteiger partial charge in [0.05, 0.1) is 22.4 Å². The van der Waals surface area contributed by atoms with Crippen LogP contribution < -0.4 is 10.6 Å². The van der Waals surface area contributed by atoms with Crippen LogP contribution in [0.2, 0.25) is 0 Å². The summed E-state index contributed by atoms with van der Waals surface area (Å²) in [6.07, 6.45) is -4.89. The van der Waals surface area contributed by atoms with Crippen LogP contribution in [0.25, 0.3) is 0 Å². The van der Waals surface area contributed by atoms with Crippen LogP contribution >= 0.6 is 15.9 Å². The normalized spacial score (nSPS) is 11.2. The summed E-state index contributed by atoms with van der Waals surface area (Å²) < 4.78 is 68.0. The molecule has 0 saturated carbocycles. The molecule has 0 aliphatic carbocycles. The van der Waals surface area contributed by atoms with Crippen molar-refractivity contribution in [2.75, 3.05) is 10.6 Å². The van der Waals surface area contributed by atoms with Crippen LogP contribution in [-0.2, 0) is 6.18 Å². The number of anilines is 2. The fourth-order valence-corrected chi connectivity index (χ4v) is 3.10. The molecule has 0 aliphatic heterocycles. The summed E-state index contributed by atoms with van der Waals surface area (Å²) in [4.78, 5) is 24.5. The minimum absolute atomic E-state index is 0.189. The Hall–Kier alpha value is -3.27. The lowest BCUT2D eigenvalue weighted by atomic mass is 10.1. The number of nitrogens with one attached hydrogen (secondary N) is 2. The van der Waals surface area contributed by atoms with Gasteiger partial charge in [0.25, 0.3) is 11.8 Å². The summed E-state index contributed by atoms with van der Waals surface area (Å²) in [5, 5.41) is 4.29. The molecule has 2 N–H and O–H groups in total. The summed E-state index contributed by atoms with van der Waals surface area (Å²) in [7, 11) is 0. The van der Waals surface area contributed by atoms with Gasteiger partial charge in [0.1, 0.15) is 11.6 Å². The monoisotopic (exact) mass is 498 g/mol. The van der Waals surface area contributed by atoms with Crippen molar-refractivity contribution in [2.24, 2.45) is 0 Å². The quantitative estimate of drug-likeness (QED) is 0.417. The molecular weight excluding hydrogens is 487 g/mol. The van der Waals surface area contributed by atoms with Gasteiger partial charge in [-0.25, -0.2) is 8.78 Å². The van der Waals surface area contributed by atoms with Gasteiger partial charge in [-0.15, -0.1) is 0 Å². The van der Waals surface area contributed by atoms with E-state index < -0.39 is 40.9 Å². The van der Waals surface area contributed by atoms with Gasteiger partial charge in [-0.05, 0) is 64.5 Å². The average Bonchev–Trinajstić information content (AvgIpc) is 2.70. The van der Waals surface area contributed by atoms with Crippen LogP contribution in [0.15, 0.2) is 65.1 Å². The number of alkyl halides is 3. The molecule has 3 rings (SSSR count). The molecule has 0 bridgehead atoms. The smallest absolute Gasteiger partial charge is 0.322 e. The van der Waals surface area contributed by atoms with Crippen LogP contribution in [0.4, 0.5) is 33.3 Å². The highest BCUT2D eigenvalue weighted by atomic mass is 79.9. The highest BCUT2D eigenvalue weighted by Gasteiger charge is 2.34. The second kappa shape index (κ2) is 8.84. The maximum atomic E-state index is 13.7. The van der Waals surface area contributed by atoms with E-state index in [-0.39, 0.29) is 21.3 Å². The van der Waals surface area contributed by atoms with Gasteiger partial charge in [0.2, 0.25) is 0 Å². The van der Waals surface area contributed by atoms with E-state index in [2.05, 4.69) is 26.6 Å². The fourth-order valence-electron chi connectivity index (χ4n) is 2.67. The second-order valence-electron chi connectivity index (χ2n) is 6.27. The molecule has 10 heteroatoms. The van der Waals surface area contributed by atoms with Crippen LogP contribution in [-0.4, -0.2) is 11.8 Å². The highest BCUT2D eigenvalue weighted by Crippen LogP contribution is 2.37. The van der Waals surface area contributed by atoms with Gasteiger partial charge < -0.3 is 10.6 Å². The number of hydrogen-bond donors (Lipinski definition) is 2. The predicted molar refractivity (Wildman–Crippen MR) is 108 cm³/mol. The highest BCUT2D eigenvalue weighted by molar-refractivity contribution is 9.10. The molecule has 0 fully saturated rings. The van der Waals surface area contributed by atoms with Crippen molar-refractivity contribution in [3.8, 4) is 0 Å². The maximum Gasteiger partial charge on any atom is 0.418 e. The van der Waals surface area contributed by atoms with Gasteiger partial charge in [-0.3, -0.25) is 9.59 Å². The molecule has 160 valence electrons. The first-order valence-corrected chi connectivity index (χ1v) is 9.39. The van der Waals surface area contributed by atoms with Crippen LogP contribution in [0.5, 0.6) is 0 Å². The maximum absolute atomic E-state index is 13.7. The standard InChI is InChI=1S/C21H12BrF5N2O2/c22-16-7-5-11(23)9-14(16)20(31)29-18-8-6-12(10-15(18)21(25,26)27)28-19(30)13-3-1-2-4-17(13)24/h1-10H,(H,28,30)(H,29,31). The van der Waals surface area contributed by atoms with Crippen molar-refractivity contribution in [1.29, 1.82) is 0 Å². The van der Waals surface area contributed by atoms with E-state index in [1.54, 1.807) is 0 Å². The molecule has 3 aromatic rings. The zero-order valence-corrected chi connectivity index (χ0v) is 16.9. The van der Waals surface area contributed by atoms with E-state index in [9.17, 15) is 31.5 Å². The first-order chi connectivity index (χ1) is 14.6. The first-order valence-electron chi connectivity index (χ1n) is 8.60. The Kier molecular flexibility index (Phi) is 6.40.